The van der Waals surface area contributed by atoms with Gasteiger partial charge in [0.25, 0.3) is 0 Å². The Hall–Kier alpha value is -1.97. The molecule has 1 aromatic heterocycles. The van der Waals surface area contributed by atoms with E-state index in [4.69, 9.17) is 0 Å². The molecule has 0 fully saturated rings. The van der Waals surface area contributed by atoms with Gasteiger partial charge in [-0.3, -0.25) is 4.79 Å². The molecule has 0 unspecified atom stereocenters. The van der Waals surface area contributed by atoms with Gasteiger partial charge in [-0.25, -0.2) is 9.37 Å². The average Bonchev–Trinajstić information content (AvgIpc) is 2.61. The van der Waals surface area contributed by atoms with Crippen molar-refractivity contribution in [2.45, 2.75) is 0 Å². The number of hydrogen-bond donors (Lipinski definition) is 0. The largest absolute Gasteiger partial charge is 0.331 e. The SMILES string of the molecule is Cn1cc(-c2ccc(F)cc2)nc1C=O. The minimum atomic E-state index is -0.287. The van der Waals surface area contributed by atoms with Crippen LogP contribution in [0.15, 0.2) is 30.5 Å². The van der Waals surface area contributed by atoms with Gasteiger partial charge >= 0.3 is 0 Å². The Bertz CT molecular complexity index is 488. The van der Waals surface area contributed by atoms with Crippen LogP contribution in [0.5, 0.6) is 0 Å². The van der Waals surface area contributed by atoms with E-state index in [1.54, 1.807) is 29.9 Å². The highest BCUT2D eigenvalue weighted by molar-refractivity contribution is 5.72. The summed E-state index contributed by atoms with van der Waals surface area (Å²) in [4.78, 5) is 14.7. The number of benzene rings is 1. The molecular formula is C11H9FN2O. The fraction of sp³-hybridized carbons (Fsp3) is 0.0909. The molecule has 3 nitrogen and oxygen atoms in total. The van der Waals surface area contributed by atoms with Crippen LogP contribution in [0.2, 0.25) is 0 Å². The summed E-state index contributed by atoms with van der Waals surface area (Å²) in [5.74, 6) is 0.0691. The van der Waals surface area contributed by atoms with E-state index in [0.717, 1.165) is 5.56 Å². The first-order valence-electron chi connectivity index (χ1n) is 4.45. The summed E-state index contributed by atoms with van der Waals surface area (Å²) in [6.07, 6.45) is 2.42. The highest BCUT2D eigenvalue weighted by Gasteiger charge is 2.05. The van der Waals surface area contributed by atoms with Gasteiger partial charge in [0.1, 0.15) is 5.82 Å². The molecule has 1 heterocycles. The molecule has 0 atom stereocenters. The smallest absolute Gasteiger partial charge is 0.185 e. The molecule has 0 amide bonds. The Balaban J connectivity index is 2.45. The van der Waals surface area contributed by atoms with E-state index in [2.05, 4.69) is 4.98 Å². The molecule has 2 aromatic rings. The molecule has 0 radical (unpaired) electrons. The van der Waals surface area contributed by atoms with Gasteiger partial charge in [0.05, 0.1) is 5.69 Å². The normalized spacial score (nSPS) is 10.3. The predicted molar refractivity (Wildman–Crippen MR) is 54.0 cm³/mol. The Morgan fingerprint density at radius 1 is 1.33 bits per heavy atom. The monoisotopic (exact) mass is 204 g/mol. The van der Waals surface area contributed by atoms with E-state index < -0.39 is 0 Å². The van der Waals surface area contributed by atoms with Crippen molar-refractivity contribution in [3.8, 4) is 11.3 Å². The Morgan fingerprint density at radius 2 is 2.00 bits per heavy atom. The summed E-state index contributed by atoms with van der Waals surface area (Å²) >= 11 is 0. The second-order valence-electron chi connectivity index (χ2n) is 3.22. The molecule has 0 spiro atoms. The second-order valence-corrected chi connectivity index (χ2v) is 3.22. The minimum Gasteiger partial charge on any atom is -0.331 e. The molecule has 0 saturated heterocycles. The van der Waals surface area contributed by atoms with Crippen LogP contribution in [0.4, 0.5) is 4.39 Å². The number of carbonyl (C=O) groups excluding carboxylic acids is 1. The lowest BCUT2D eigenvalue weighted by molar-refractivity contribution is 0.111. The average molecular weight is 204 g/mol. The summed E-state index contributed by atoms with van der Waals surface area (Å²) in [6, 6.07) is 5.99. The number of aromatic nitrogens is 2. The second kappa shape index (κ2) is 3.65. The van der Waals surface area contributed by atoms with Crippen LogP contribution in [0.3, 0.4) is 0 Å². The van der Waals surface area contributed by atoms with Gasteiger partial charge in [0, 0.05) is 18.8 Å². The van der Waals surface area contributed by atoms with Crippen molar-refractivity contribution in [1.29, 1.82) is 0 Å². The number of nitrogens with zero attached hydrogens (tertiary/aromatic N) is 2. The summed E-state index contributed by atoms with van der Waals surface area (Å²) in [5.41, 5.74) is 1.46. The van der Waals surface area contributed by atoms with E-state index in [-0.39, 0.29) is 5.82 Å². The van der Waals surface area contributed by atoms with E-state index in [1.165, 1.54) is 12.1 Å². The first-order valence-corrected chi connectivity index (χ1v) is 4.45. The van der Waals surface area contributed by atoms with E-state index in [0.29, 0.717) is 17.8 Å². The van der Waals surface area contributed by atoms with Crippen molar-refractivity contribution in [2.75, 3.05) is 0 Å². The maximum Gasteiger partial charge on any atom is 0.185 e. The van der Waals surface area contributed by atoms with Crippen LogP contribution in [-0.4, -0.2) is 15.8 Å². The predicted octanol–water partition coefficient (Wildman–Crippen LogP) is 2.04. The van der Waals surface area contributed by atoms with Crippen molar-refractivity contribution in [3.63, 3.8) is 0 Å². The van der Waals surface area contributed by atoms with E-state index >= 15 is 0 Å². The zero-order valence-corrected chi connectivity index (χ0v) is 8.14. The van der Waals surface area contributed by atoms with Crippen molar-refractivity contribution < 1.29 is 9.18 Å². The molecule has 0 aliphatic heterocycles. The van der Waals surface area contributed by atoms with Gasteiger partial charge in [-0.15, -0.1) is 0 Å². The third-order valence-corrected chi connectivity index (χ3v) is 2.16. The molecule has 0 N–H and O–H groups in total. The lowest BCUT2D eigenvalue weighted by Gasteiger charge is -1.94. The van der Waals surface area contributed by atoms with Crippen LogP contribution < -0.4 is 0 Å². The zero-order valence-electron chi connectivity index (χ0n) is 8.14. The number of hydrogen-bond acceptors (Lipinski definition) is 2. The Kier molecular flexibility index (Phi) is 2.33. The topological polar surface area (TPSA) is 34.9 Å². The Labute approximate surface area is 86.2 Å². The van der Waals surface area contributed by atoms with Crippen molar-refractivity contribution >= 4 is 6.29 Å². The molecule has 0 aliphatic rings. The van der Waals surface area contributed by atoms with Crippen molar-refractivity contribution in [3.05, 3.63) is 42.1 Å². The first kappa shape index (κ1) is 9.58. The highest BCUT2D eigenvalue weighted by atomic mass is 19.1. The van der Waals surface area contributed by atoms with Crippen LogP contribution in [0.1, 0.15) is 10.6 Å². The number of aldehydes is 1. The molecule has 1 aromatic carbocycles. The standard InChI is InChI=1S/C11H9FN2O/c1-14-6-10(13-11(14)7-15)8-2-4-9(12)5-3-8/h2-7H,1H3. The van der Waals surface area contributed by atoms with E-state index in [1.807, 2.05) is 0 Å². The maximum atomic E-state index is 12.7. The molecule has 0 aliphatic carbocycles. The molecule has 0 bridgehead atoms. The molecule has 15 heavy (non-hydrogen) atoms. The van der Waals surface area contributed by atoms with Gasteiger partial charge in [0.15, 0.2) is 12.1 Å². The van der Waals surface area contributed by atoms with Crippen LogP contribution >= 0.6 is 0 Å². The number of carbonyl (C=O) groups is 1. The molecule has 4 heteroatoms. The van der Waals surface area contributed by atoms with Gasteiger partial charge in [0.2, 0.25) is 0 Å². The van der Waals surface area contributed by atoms with Gasteiger partial charge in [-0.2, -0.15) is 0 Å². The summed E-state index contributed by atoms with van der Waals surface area (Å²) in [7, 11) is 1.74. The van der Waals surface area contributed by atoms with Crippen molar-refractivity contribution in [2.24, 2.45) is 7.05 Å². The fourth-order valence-electron chi connectivity index (χ4n) is 1.35. The van der Waals surface area contributed by atoms with Gasteiger partial charge < -0.3 is 4.57 Å². The lowest BCUT2D eigenvalue weighted by atomic mass is 10.2. The number of halogens is 1. The zero-order chi connectivity index (χ0) is 10.8. The van der Waals surface area contributed by atoms with E-state index in [9.17, 15) is 9.18 Å². The summed E-state index contributed by atoms with van der Waals surface area (Å²) in [6.45, 7) is 0. The third-order valence-electron chi connectivity index (χ3n) is 2.16. The Morgan fingerprint density at radius 3 is 2.53 bits per heavy atom. The maximum absolute atomic E-state index is 12.7. The van der Waals surface area contributed by atoms with Crippen LogP contribution in [-0.2, 0) is 7.05 Å². The summed E-state index contributed by atoms with van der Waals surface area (Å²) in [5, 5.41) is 0. The van der Waals surface area contributed by atoms with Gasteiger partial charge in [-0.05, 0) is 24.3 Å². The quantitative estimate of drug-likeness (QED) is 0.701. The minimum absolute atomic E-state index is 0.287. The highest BCUT2D eigenvalue weighted by Crippen LogP contribution is 2.17. The fourth-order valence-corrected chi connectivity index (χ4v) is 1.35. The number of rotatable bonds is 2. The molecular weight excluding hydrogens is 195 g/mol. The third kappa shape index (κ3) is 1.79. The lowest BCUT2D eigenvalue weighted by Crippen LogP contribution is -1.92. The summed E-state index contributed by atoms with van der Waals surface area (Å²) < 4.78 is 14.3. The molecule has 2 rings (SSSR count). The molecule has 76 valence electrons. The van der Waals surface area contributed by atoms with Crippen LogP contribution in [0, 0.1) is 5.82 Å². The first-order chi connectivity index (χ1) is 7.20. The number of aryl methyl sites for hydroxylation is 1. The molecule has 0 saturated carbocycles. The number of imidazole rings is 1. The van der Waals surface area contributed by atoms with Gasteiger partial charge in [-0.1, -0.05) is 0 Å². The van der Waals surface area contributed by atoms with Crippen LogP contribution in [0.25, 0.3) is 11.3 Å². The van der Waals surface area contributed by atoms with Crippen molar-refractivity contribution in [1.82, 2.24) is 9.55 Å².